The molecule has 78 valence electrons. The van der Waals surface area contributed by atoms with Gasteiger partial charge in [0.05, 0.1) is 0 Å². The Hall–Kier alpha value is -2.36. The molecule has 0 radical (unpaired) electrons. The highest BCUT2D eigenvalue weighted by molar-refractivity contribution is 5.58. The van der Waals surface area contributed by atoms with E-state index in [-0.39, 0.29) is 5.56 Å². The minimum atomic E-state index is -0.0786. The smallest absolute Gasteiger partial charge is 0.257 e. The van der Waals surface area contributed by atoms with Gasteiger partial charge in [0.25, 0.3) is 5.56 Å². The molecule has 0 bridgehead atoms. The molecule has 0 aliphatic heterocycles. The van der Waals surface area contributed by atoms with E-state index in [0.29, 0.717) is 11.5 Å². The number of nitrogens with zero attached hydrogens (tertiary/aromatic N) is 2. The maximum Gasteiger partial charge on any atom is 0.257 e. The zero-order chi connectivity index (χ0) is 11.0. The number of pyridine rings is 1. The first-order chi connectivity index (χ1) is 7.86. The topological polar surface area (TPSA) is 50.2 Å². The summed E-state index contributed by atoms with van der Waals surface area (Å²) in [7, 11) is 0. The number of nitrogens with one attached hydrogen (secondary N) is 1. The van der Waals surface area contributed by atoms with Crippen molar-refractivity contribution in [2.75, 3.05) is 0 Å². The molecule has 0 unspecified atom stereocenters. The fourth-order valence-corrected chi connectivity index (χ4v) is 1.74. The Bertz CT molecular complexity index is 682. The molecule has 0 fully saturated rings. The van der Waals surface area contributed by atoms with Crippen molar-refractivity contribution in [3.8, 4) is 11.4 Å². The molecule has 16 heavy (non-hydrogen) atoms. The molecule has 0 amide bonds. The van der Waals surface area contributed by atoms with Crippen LogP contribution in [0.15, 0.2) is 53.3 Å². The van der Waals surface area contributed by atoms with Crippen LogP contribution >= 0.6 is 0 Å². The summed E-state index contributed by atoms with van der Waals surface area (Å²) in [4.78, 5) is 11.7. The highest BCUT2D eigenvalue weighted by Gasteiger charge is 2.07. The third-order valence-electron chi connectivity index (χ3n) is 2.47. The summed E-state index contributed by atoms with van der Waals surface area (Å²) in [5.74, 6) is 0.640. The quantitative estimate of drug-likeness (QED) is 0.665. The molecule has 3 aromatic rings. The van der Waals surface area contributed by atoms with Gasteiger partial charge in [-0.3, -0.25) is 9.89 Å². The number of hydrogen-bond donors (Lipinski definition) is 1. The lowest BCUT2D eigenvalue weighted by Gasteiger charge is -1.97. The lowest BCUT2D eigenvalue weighted by atomic mass is 10.2. The van der Waals surface area contributed by atoms with Crippen molar-refractivity contribution in [1.29, 1.82) is 0 Å². The number of H-pyrrole nitrogens is 1. The van der Waals surface area contributed by atoms with Gasteiger partial charge in [0.15, 0.2) is 5.82 Å². The molecule has 0 aliphatic carbocycles. The van der Waals surface area contributed by atoms with Crippen LogP contribution in [0.2, 0.25) is 0 Å². The first-order valence-electron chi connectivity index (χ1n) is 4.98. The van der Waals surface area contributed by atoms with E-state index in [0.717, 1.165) is 5.56 Å². The summed E-state index contributed by atoms with van der Waals surface area (Å²) in [5.41, 5.74) is 1.54. The fraction of sp³-hybridized carbons (Fsp3) is 0. The van der Waals surface area contributed by atoms with Gasteiger partial charge in [-0.25, -0.2) is 4.40 Å². The van der Waals surface area contributed by atoms with Crippen LogP contribution in [0.5, 0.6) is 0 Å². The maximum absolute atomic E-state index is 11.7. The van der Waals surface area contributed by atoms with Gasteiger partial charge in [0.2, 0.25) is 0 Å². The Kier molecular flexibility index (Phi) is 1.86. The van der Waals surface area contributed by atoms with Crippen LogP contribution < -0.4 is 5.56 Å². The minimum absolute atomic E-state index is 0.0786. The van der Waals surface area contributed by atoms with Crippen LogP contribution in [-0.4, -0.2) is 14.6 Å². The second-order valence-corrected chi connectivity index (χ2v) is 3.50. The number of rotatable bonds is 1. The average molecular weight is 211 g/mol. The van der Waals surface area contributed by atoms with E-state index in [1.165, 1.54) is 6.07 Å². The third-order valence-corrected chi connectivity index (χ3v) is 2.47. The number of aromatic nitrogens is 3. The van der Waals surface area contributed by atoms with Gasteiger partial charge in [0.1, 0.15) is 5.65 Å². The Morgan fingerprint density at radius 1 is 1.00 bits per heavy atom. The van der Waals surface area contributed by atoms with Crippen molar-refractivity contribution < 1.29 is 0 Å². The second kappa shape index (κ2) is 3.34. The van der Waals surface area contributed by atoms with E-state index in [9.17, 15) is 4.79 Å². The molecular formula is C12H9N3O. The number of aromatic amines is 1. The summed E-state index contributed by atoms with van der Waals surface area (Å²) < 4.78 is 1.56. The summed E-state index contributed by atoms with van der Waals surface area (Å²) >= 11 is 0. The van der Waals surface area contributed by atoms with E-state index in [2.05, 4.69) is 10.2 Å². The fourth-order valence-electron chi connectivity index (χ4n) is 1.74. The maximum atomic E-state index is 11.7. The van der Waals surface area contributed by atoms with Gasteiger partial charge in [-0.05, 0) is 6.07 Å². The molecule has 3 rings (SSSR count). The average Bonchev–Trinajstić information content (AvgIpc) is 2.75. The molecule has 2 aromatic heterocycles. The Labute approximate surface area is 91.2 Å². The van der Waals surface area contributed by atoms with E-state index >= 15 is 0 Å². The molecule has 4 heteroatoms. The minimum Gasteiger partial charge on any atom is -0.269 e. The molecule has 4 nitrogen and oxygen atoms in total. The van der Waals surface area contributed by atoms with Crippen molar-refractivity contribution in [2.24, 2.45) is 0 Å². The van der Waals surface area contributed by atoms with Gasteiger partial charge >= 0.3 is 0 Å². The molecule has 1 N–H and O–H groups in total. The lowest BCUT2D eigenvalue weighted by molar-refractivity contribution is 1.09. The highest BCUT2D eigenvalue weighted by atomic mass is 16.1. The molecule has 0 aliphatic rings. The van der Waals surface area contributed by atoms with E-state index in [1.54, 1.807) is 10.5 Å². The predicted octanol–water partition coefficient (Wildman–Crippen LogP) is 1.69. The predicted molar refractivity (Wildman–Crippen MR) is 61.2 cm³/mol. The van der Waals surface area contributed by atoms with Crippen LogP contribution in [0.4, 0.5) is 0 Å². The van der Waals surface area contributed by atoms with Crippen molar-refractivity contribution in [3.63, 3.8) is 0 Å². The second-order valence-electron chi connectivity index (χ2n) is 3.50. The third kappa shape index (κ3) is 1.24. The highest BCUT2D eigenvalue weighted by Crippen LogP contribution is 2.15. The Morgan fingerprint density at radius 3 is 2.62 bits per heavy atom. The standard InChI is InChI=1S/C12H9N3O/c16-11-8-4-7-10-13-14-12(15(10)11)9-5-2-1-3-6-9/h1-8,13H. The van der Waals surface area contributed by atoms with Crippen molar-refractivity contribution in [1.82, 2.24) is 14.6 Å². The first-order valence-corrected chi connectivity index (χ1v) is 4.98. The van der Waals surface area contributed by atoms with Crippen LogP contribution in [-0.2, 0) is 0 Å². The van der Waals surface area contributed by atoms with Crippen LogP contribution in [0.1, 0.15) is 0 Å². The molecule has 0 spiro atoms. The van der Waals surface area contributed by atoms with Crippen LogP contribution in [0, 0.1) is 0 Å². The van der Waals surface area contributed by atoms with E-state index in [4.69, 9.17) is 0 Å². The molecule has 1 aromatic carbocycles. The van der Waals surface area contributed by atoms with Gasteiger partial charge in [-0.15, -0.1) is 0 Å². The summed E-state index contributed by atoms with van der Waals surface area (Å²) in [6, 6.07) is 14.7. The molecule has 2 heterocycles. The molecule has 0 saturated carbocycles. The normalized spacial score (nSPS) is 10.8. The monoisotopic (exact) mass is 211 g/mol. The zero-order valence-electron chi connectivity index (χ0n) is 8.42. The largest absolute Gasteiger partial charge is 0.269 e. The zero-order valence-corrected chi connectivity index (χ0v) is 8.42. The number of benzene rings is 1. The number of hydrogen-bond acceptors (Lipinski definition) is 2. The lowest BCUT2D eigenvalue weighted by Crippen LogP contribution is -2.11. The molecule has 0 saturated heterocycles. The van der Waals surface area contributed by atoms with Crippen molar-refractivity contribution >= 4 is 5.65 Å². The van der Waals surface area contributed by atoms with Crippen LogP contribution in [0.25, 0.3) is 17.0 Å². The van der Waals surface area contributed by atoms with Crippen LogP contribution in [0.3, 0.4) is 0 Å². The SMILES string of the molecule is O=c1cccc2[nH]nc(-c3ccccc3)n12. The Balaban J connectivity index is 2.38. The molecular weight excluding hydrogens is 202 g/mol. The summed E-state index contributed by atoms with van der Waals surface area (Å²) in [6.07, 6.45) is 0. The Morgan fingerprint density at radius 2 is 1.81 bits per heavy atom. The van der Waals surface area contributed by atoms with E-state index in [1.807, 2.05) is 36.4 Å². The van der Waals surface area contributed by atoms with Crippen molar-refractivity contribution in [2.45, 2.75) is 0 Å². The molecule has 0 atom stereocenters. The summed E-state index contributed by atoms with van der Waals surface area (Å²) in [5, 5.41) is 7.00. The van der Waals surface area contributed by atoms with Gasteiger partial charge < -0.3 is 0 Å². The van der Waals surface area contributed by atoms with Crippen molar-refractivity contribution in [3.05, 3.63) is 58.9 Å². The van der Waals surface area contributed by atoms with Gasteiger partial charge in [-0.2, -0.15) is 5.10 Å². The van der Waals surface area contributed by atoms with E-state index < -0.39 is 0 Å². The van der Waals surface area contributed by atoms with Gasteiger partial charge in [0, 0.05) is 11.6 Å². The summed E-state index contributed by atoms with van der Waals surface area (Å²) in [6.45, 7) is 0. The number of fused-ring (bicyclic) bond motifs is 1. The first kappa shape index (κ1) is 8.91. The van der Waals surface area contributed by atoms with Gasteiger partial charge in [-0.1, -0.05) is 36.4 Å².